The number of halogens is 1. The van der Waals surface area contributed by atoms with Gasteiger partial charge < -0.3 is 4.74 Å². The predicted molar refractivity (Wildman–Crippen MR) is 102 cm³/mol. The largest absolute Gasteiger partial charge is 0.464 e. The first-order valence-electron chi connectivity index (χ1n) is 9.49. The Balaban J connectivity index is 1.93. The molecule has 0 saturated carbocycles. The van der Waals surface area contributed by atoms with Crippen LogP contribution in [0.5, 0.6) is 0 Å². The van der Waals surface area contributed by atoms with Crippen molar-refractivity contribution in [1.82, 2.24) is 10.2 Å². The van der Waals surface area contributed by atoms with Gasteiger partial charge in [-0.1, -0.05) is 42.5 Å². The second-order valence-corrected chi connectivity index (χ2v) is 7.31. The Morgan fingerprint density at radius 2 is 1.76 bits per heavy atom. The Morgan fingerprint density at radius 1 is 1.10 bits per heavy atom. The van der Waals surface area contributed by atoms with Gasteiger partial charge in [-0.05, 0) is 30.2 Å². The number of amides is 2. The maximum atomic E-state index is 13.5. The Labute approximate surface area is 167 Å². The first-order chi connectivity index (χ1) is 13.9. The third kappa shape index (κ3) is 2.76. The zero-order chi connectivity index (χ0) is 20.8. The topological polar surface area (TPSA) is 75.7 Å². The average Bonchev–Trinajstić information content (AvgIpc) is 3.20. The summed E-state index contributed by atoms with van der Waals surface area (Å²) in [5.74, 6) is -3.59. The molecule has 150 valence electrons. The Hall–Kier alpha value is -3.06. The lowest BCUT2D eigenvalue weighted by Gasteiger charge is -2.33. The summed E-state index contributed by atoms with van der Waals surface area (Å²) in [6.45, 7) is 1.82. The van der Waals surface area contributed by atoms with Gasteiger partial charge in [-0.2, -0.15) is 0 Å². The van der Waals surface area contributed by atoms with Crippen molar-refractivity contribution in [2.75, 3.05) is 13.7 Å². The van der Waals surface area contributed by atoms with Gasteiger partial charge in [-0.15, -0.1) is 0 Å². The van der Waals surface area contributed by atoms with Crippen molar-refractivity contribution in [2.45, 2.75) is 18.5 Å². The van der Waals surface area contributed by atoms with Crippen LogP contribution in [0.15, 0.2) is 54.6 Å². The van der Waals surface area contributed by atoms with Crippen LogP contribution >= 0.6 is 0 Å². The summed E-state index contributed by atoms with van der Waals surface area (Å²) in [6.07, 6.45) is 0. The van der Waals surface area contributed by atoms with E-state index in [0.717, 1.165) is 4.90 Å². The van der Waals surface area contributed by atoms with Crippen LogP contribution in [0.1, 0.15) is 24.1 Å². The molecule has 1 N–H and O–H groups in total. The fraction of sp³-hybridized carbons (Fsp3) is 0.318. The van der Waals surface area contributed by atoms with Gasteiger partial charge in [0.15, 0.2) is 5.54 Å². The molecule has 0 aromatic heterocycles. The number of nitrogens with zero attached hydrogens (tertiary/aromatic N) is 1. The highest BCUT2D eigenvalue weighted by Gasteiger charge is 2.69. The number of hydrogen-bond acceptors (Lipinski definition) is 5. The number of carbonyl (C=O) groups is 3. The maximum Gasteiger partial charge on any atom is 0.331 e. The molecule has 2 heterocycles. The number of benzene rings is 2. The van der Waals surface area contributed by atoms with Crippen molar-refractivity contribution in [1.29, 1.82) is 0 Å². The van der Waals surface area contributed by atoms with Crippen molar-refractivity contribution in [2.24, 2.45) is 11.8 Å². The highest BCUT2D eigenvalue weighted by Crippen LogP contribution is 2.53. The van der Waals surface area contributed by atoms with Gasteiger partial charge in [0.1, 0.15) is 5.82 Å². The lowest BCUT2D eigenvalue weighted by molar-refractivity contribution is -0.156. The quantitative estimate of drug-likeness (QED) is 0.633. The zero-order valence-electron chi connectivity index (χ0n) is 16.1. The van der Waals surface area contributed by atoms with E-state index >= 15 is 0 Å². The van der Waals surface area contributed by atoms with Gasteiger partial charge in [0.25, 0.3) is 0 Å². The molecule has 2 aliphatic rings. The van der Waals surface area contributed by atoms with Crippen molar-refractivity contribution in [3.63, 3.8) is 0 Å². The summed E-state index contributed by atoms with van der Waals surface area (Å²) in [4.78, 5) is 40.5. The number of rotatable bonds is 4. The van der Waals surface area contributed by atoms with E-state index < -0.39 is 41.1 Å². The lowest BCUT2D eigenvalue weighted by atomic mass is 9.75. The molecule has 2 aliphatic heterocycles. The fourth-order valence-electron chi connectivity index (χ4n) is 4.52. The molecule has 0 bridgehead atoms. The van der Waals surface area contributed by atoms with Gasteiger partial charge in [-0.25, -0.2) is 9.18 Å². The molecule has 0 radical (unpaired) electrons. The lowest BCUT2D eigenvalue weighted by Crippen LogP contribution is -2.53. The number of hydrogen-bond donors (Lipinski definition) is 1. The van der Waals surface area contributed by atoms with Gasteiger partial charge in [0.2, 0.25) is 11.8 Å². The van der Waals surface area contributed by atoms with Crippen LogP contribution in [0, 0.1) is 17.7 Å². The first kappa shape index (κ1) is 19.3. The molecule has 2 saturated heterocycles. The third-order valence-corrected chi connectivity index (χ3v) is 5.84. The average molecular weight is 396 g/mol. The molecule has 4 unspecified atom stereocenters. The molecule has 2 aromatic rings. The molecule has 4 atom stereocenters. The predicted octanol–water partition coefficient (Wildman–Crippen LogP) is 2.16. The standard InChI is InChI=1S/C22H21FN2O4/c1-3-29-21(28)22(14-7-5-4-6-8-14)17-16(19(26)25(2)20(17)27)18(24-22)13-9-11-15(23)12-10-13/h4-12,16-18,24H,3H2,1-2H3. The van der Waals surface area contributed by atoms with Crippen LogP contribution in [0.2, 0.25) is 0 Å². The van der Waals surface area contributed by atoms with Gasteiger partial charge in [0.05, 0.1) is 18.4 Å². The van der Waals surface area contributed by atoms with E-state index in [9.17, 15) is 18.8 Å². The molecular weight excluding hydrogens is 375 g/mol. The van der Waals surface area contributed by atoms with E-state index in [1.165, 1.54) is 19.2 Å². The van der Waals surface area contributed by atoms with Crippen molar-refractivity contribution >= 4 is 17.8 Å². The van der Waals surface area contributed by atoms with E-state index in [4.69, 9.17) is 4.74 Å². The third-order valence-electron chi connectivity index (χ3n) is 5.84. The number of likely N-dealkylation sites (tertiary alicyclic amines) is 1. The highest BCUT2D eigenvalue weighted by atomic mass is 19.1. The molecule has 0 aliphatic carbocycles. The summed E-state index contributed by atoms with van der Waals surface area (Å²) in [5.41, 5.74) is -0.340. The zero-order valence-corrected chi connectivity index (χ0v) is 16.1. The Bertz CT molecular complexity index is 963. The summed E-state index contributed by atoms with van der Waals surface area (Å²) >= 11 is 0. The monoisotopic (exact) mass is 396 g/mol. The highest BCUT2D eigenvalue weighted by molar-refractivity contribution is 6.09. The minimum atomic E-state index is -1.52. The molecular formula is C22H21FN2O4. The number of carbonyl (C=O) groups excluding carboxylic acids is 3. The molecule has 2 amide bonds. The fourth-order valence-corrected chi connectivity index (χ4v) is 4.52. The van der Waals surface area contributed by atoms with Crippen LogP contribution in [0.25, 0.3) is 0 Å². The van der Waals surface area contributed by atoms with Crippen LogP contribution in [0.3, 0.4) is 0 Å². The van der Waals surface area contributed by atoms with Crippen molar-refractivity contribution in [3.05, 3.63) is 71.5 Å². The van der Waals surface area contributed by atoms with Gasteiger partial charge in [-0.3, -0.25) is 19.8 Å². The molecule has 4 rings (SSSR count). The first-order valence-corrected chi connectivity index (χ1v) is 9.49. The molecule has 7 heteroatoms. The second kappa shape index (κ2) is 7.08. The molecule has 29 heavy (non-hydrogen) atoms. The maximum absolute atomic E-state index is 13.5. The van der Waals surface area contributed by atoms with Crippen LogP contribution in [0.4, 0.5) is 4.39 Å². The van der Waals surface area contributed by atoms with Gasteiger partial charge in [0, 0.05) is 13.1 Å². The minimum absolute atomic E-state index is 0.131. The van der Waals surface area contributed by atoms with Crippen LogP contribution in [-0.2, 0) is 24.7 Å². The van der Waals surface area contributed by atoms with E-state index in [0.29, 0.717) is 11.1 Å². The molecule has 2 fully saturated rings. The van der Waals surface area contributed by atoms with E-state index in [1.807, 2.05) is 0 Å². The minimum Gasteiger partial charge on any atom is -0.464 e. The summed E-state index contributed by atoms with van der Waals surface area (Å²) in [5, 5.41) is 3.26. The molecule has 2 aromatic carbocycles. The normalized spacial score (nSPS) is 28.5. The van der Waals surface area contributed by atoms with E-state index in [2.05, 4.69) is 5.32 Å². The Morgan fingerprint density at radius 3 is 2.38 bits per heavy atom. The number of esters is 1. The Kier molecular flexibility index (Phi) is 4.70. The smallest absolute Gasteiger partial charge is 0.331 e. The van der Waals surface area contributed by atoms with Crippen molar-refractivity contribution in [3.8, 4) is 0 Å². The SMILES string of the molecule is CCOC(=O)C1(c2ccccc2)NC(c2ccc(F)cc2)C2C(=O)N(C)C(=O)C21. The summed E-state index contributed by atoms with van der Waals surface area (Å²) in [7, 11) is 1.42. The number of nitrogens with one attached hydrogen (secondary N) is 1. The van der Waals surface area contributed by atoms with Gasteiger partial charge >= 0.3 is 5.97 Å². The van der Waals surface area contributed by atoms with Crippen LogP contribution in [-0.4, -0.2) is 36.3 Å². The summed E-state index contributed by atoms with van der Waals surface area (Å²) < 4.78 is 18.8. The van der Waals surface area contributed by atoms with E-state index in [-0.39, 0.29) is 12.5 Å². The second-order valence-electron chi connectivity index (χ2n) is 7.31. The number of ether oxygens (including phenoxy) is 1. The van der Waals surface area contributed by atoms with Crippen LogP contribution < -0.4 is 5.32 Å². The van der Waals surface area contributed by atoms with Crippen molar-refractivity contribution < 1.29 is 23.5 Å². The number of imide groups is 1. The van der Waals surface area contributed by atoms with E-state index in [1.54, 1.807) is 49.4 Å². The molecule has 6 nitrogen and oxygen atoms in total. The molecule has 0 spiro atoms. The number of fused-ring (bicyclic) bond motifs is 1. The summed E-state index contributed by atoms with van der Waals surface area (Å²) in [6, 6.07) is 13.9.